The number of amides is 1. The normalized spacial score (nSPS) is 20.7. The Bertz CT molecular complexity index is 1110. The second-order valence-electron chi connectivity index (χ2n) is 8.87. The van der Waals surface area contributed by atoms with Crippen molar-refractivity contribution in [3.63, 3.8) is 0 Å². The molecule has 2 aromatic rings. The average Bonchev–Trinajstić information content (AvgIpc) is 2.96. The highest BCUT2D eigenvalue weighted by Gasteiger charge is 2.34. The summed E-state index contributed by atoms with van der Waals surface area (Å²) in [5.74, 6) is -0.0140. The Morgan fingerprint density at radius 1 is 1.09 bits per heavy atom. The van der Waals surface area contributed by atoms with Gasteiger partial charge >= 0.3 is 0 Å². The maximum atomic E-state index is 14.6. The summed E-state index contributed by atoms with van der Waals surface area (Å²) >= 11 is 5.83. The molecule has 2 saturated heterocycles. The highest BCUT2D eigenvalue weighted by molar-refractivity contribution is 7.90. The van der Waals surface area contributed by atoms with Crippen LogP contribution in [0.1, 0.15) is 37.7 Å². The predicted molar refractivity (Wildman–Crippen MR) is 125 cm³/mol. The summed E-state index contributed by atoms with van der Waals surface area (Å²) in [7, 11) is -3.48. The topological polar surface area (TPSA) is 83.5 Å². The van der Waals surface area contributed by atoms with Gasteiger partial charge < -0.3 is 9.80 Å². The van der Waals surface area contributed by atoms with Crippen LogP contribution in [0.25, 0.3) is 0 Å². The molecule has 1 amide bonds. The minimum Gasteiger partial charge on any atom is -0.355 e. The Morgan fingerprint density at radius 3 is 2.48 bits per heavy atom. The number of likely N-dealkylation sites (tertiary alicyclic amines) is 1. The lowest BCUT2D eigenvalue weighted by atomic mass is 9.93. The van der Waals surface area contributed by atoms with Gasteiger partial charge in [-0.05, 0) is 49.8 Å². The number of nitrogens with zero attached hydrogens (tertiary/aromatic N) is 4. The monoisotopic (exact) mass is 494 g/mol. The minimum atomic E-state index is -3.48. The smallest absolute Gasteiger partial charge is 0.226 e. The first-order valence-electron chi connectivity index (χ1n) is 11.2. The van der Waals surface area contributed by atoms with E-state index in [9.17, 15) is 17.6 Å². The molecule has 3 heterocycles. The van der Waals surface area contributed by atoms with E-state index in [2.05, 4.69) is 14.9 Å². The Kier molecular flexibility index (Phi) is 7.19. The van der Waals surface area contributed by atoms with Gasteiger partial charge in [0.15, 0.2) is 9.84 Å². The molecule has 2 fully saturated rings. The molecule has 33 heavy (non-hydrogen) atoms. The first-order chi connectivity index (χ1) is 15.7. The molecule has 10 heteroatoms. The van der Waals surface area contributed by atoms with E-state index in [0.717, 1.165) is 63.5 Å². The van der Waals surface area contributed by atoms with E-state index in [1.165, 1.54) is 18.3 Å². The zero-order valence-corrected chi connectivity index (χ0v) is 20.2. The molecule has 178 valence electrons. The molecule has 1 aromatic carbocycles. The molecule has 1 atom stereocenters. The molecule has 1 aromatic heterocycles. The molecule has 0 N–H and O–H groups in total. The number of benzene rings is 1. The van der Waals surface area contributed by atoms with E-state index >= 15 is 0 Å². The van der Waals surface area contributed by atoms with Gasteiger partial charge in [-0.3, -0.25) is 4.79 Å². The molecular formula is C23H28ClFN4O3S. The van der Waals surface area contributed by atoms with Gasteiger partial charge in [0.25, 0.3) is 0 Å². The summed E-state index contributed by atoms with van der Waals surface area (Å²) < 4.78 is 38.0. The summed E-state index contributed by atoms with van der Waals surface area (Å²) in [5.41, 5.74) is 0.388. The van der Waals surface area contributed by atoms with Crippen molar-refractivity contribution in [3.05, 3.63) is 47.1 Å². The van der Waals surface area contributed by atoms with E-state index in [0.29, 0.717) is 17.1 Å². The van der Waals surface area contributed by atoms with Gasteiger partial charge in [-0.1, -0.05) is 24.1 Å². The Labute approximate surface area is 198 Å². The van der Waals surface area contributed by atoms with Crippen LogP contribution in [0.3, 0.4) is 0 Å². The molecule has 2 aliphatic rings. The number of halogens is 2. The molecule has 0 bridgehead atoms. The van der Waals surface area contributed by atoms with Crippen LogP contribution in [0.4, 0.5) is 10.2 Å². The molecule has 0 radical (unpaired) electrons. The second-order valence-corrected chi connectivity index (χ2v) is 11.3. The SMILES string of the molecule is CS(=O)(=O)c1ccc(C[C@H]2CCCCN(C3CCN(c4cnc(Cl)cn4)CC3)C2=O)c(F)c1. The third-order valence-electron chi connectivity index (χ3n) is 6.59. The summed E-state index contributed by atoms with van der Waals surface area (Å²) in [6, 6.07) is 4.12. The van der Waals surface area contributed by atoms with E-state index in [4.69, 9.17) is 11.6 Å². The van der Waals surface area contributed by atoms with Crippen molar-refractivity contribution >= 4 is 33.2 Å². The van der Waals surface area contributed by atoms with Crippen LogP contribution in [0.15, 0.2) is 35.5 Å². The van der Waals surface area contributed by atoms with E-state index in [1.54, 1.807) is 6.20 Å². The van der Waals surface area contributed by atoms with Gasteiger partial charge in [0, 0.05) is 37.8 Å². The number of anilines is 1. The van der Waals surface area contributed by atoms with Crippen molar-refractivity contribution in [2.24, 2.45) is 5.92 Å². The van der Waals surface area contributed by atoms with Crippen molar-refractivity contribution < 1.29 is 17.6 Å². The van der Waals surface area contributed by atoms with Crippen LogP contribution >= 0.6 is 11.6 Å². The number of sulfone groups is 1. The fraction of sp³-hybridized carbons (Fsp3) is 0.522. The lowest BCUT2D eigenvalue weighted by molar-refractivity contribution is -0.137. The quantitative estimate of drug-likeness (QED) is 0.632. The van der Waals surface area contributed by atoms with Gasteiger partial charge in [0.2, 0.25) is 5.91 Å². The summed E-state index contributed by atoms with van der Waals surface area (Å²) in [6.07, 6.45) is 8.76. The van der Waals surface area contributed by atoms with Crippen LogP contribution in [0, 0.1) is 11.7 Å². The molecule has 0 saturated carbocycles. The van der Waals surface area contributed by atoms with Gasteiger partial charge in [-0.15, -0.1) is 0 Å². The largest absolute Gasteiger partial charge is 0.355 e. The number of rotatable bonds is 5. The fourth-order valence-electron chi connectivity index (χ4n) is 4.76. The molecule has 2 aliphatic heterocycles. The summed E-state index contributed by atoms with van der Waals surface area (Å²) in [6.45, 7) is 2.27. The van der Waals surface area contributed by atoms with Crippen LogP contribution in [-0.2, 0) is 21.1 Å². The molecule has 0 unspecified atom stereocenters. The maximum Gasteiger partial charge on any atom is 0.226 e. The van der Waals surface area contributed by atoms with Crippen molar-refractivity contribution in [1.82, 2.24) is 14.9 Å². The highest BCUT2D eigenvalue weighted by Crippen LogP contribution is 2.29. The number of aromatic nitrogens is 2. The molecule has 7 nitrogen and oxygen atoms in total. The van der Waals surface area contributed by atoms with Crippen molar-refractivity contribution in [2.75, 3.05) is 30.8 Å². The summed E-state index contributed by atoms with van der Waals surface area (Å²) in [5, 5.41) is 0.359. The lowest BCUT2D eigenvalue weighted by Crippen LogP contribution is -2.49. The first-order valence-corrected chi connectivity index (χ1v) is 13.5. The van der Waals surface area contributed by atoms with Gasteiger partial charge in [-0.2, -0.15) is 0 Å². The first kappa shape index (κ1) is 23.9. The molecule has 0 aliphatic carbocycles. The van der Waals surface area contributed by atoms with Crippen LogP contribution in [0.2, 0.25) is 5.15 Å². The summed E-state index contributed by atoms with van der Waals surface area (Å²) in [4.78, 5) is 26.0. The second kappa shape index (κ2) is 9.93. The zero-order chi connectivity index (χ0) is 23.6. The fourth-order valence-corrected chi connectivity index (χ4v) is 5.49. The zero-order valence-electron chi connectivity index (χ0n) is 18.6. The third kappa shape index (κ3) is 5.63. The van der Waals surface area contributed by atoms with Crippen LogP contribution < -0.4 is 4.90 Å². The van der Waals surface area contributed by atoms with Gasteiger partial charge in [-0.25, -0.2) is 22.8 Å². The number of carbonyl (C=O) groups is 1. The van der Waals surface area contributed by atoms with Crippen LogP contribution in [0.5, 0.6) is 0 Å². The van der Waals surface area contributed by atoms with E-state index in [1.807, 2.05) is 4.90 Å². The Morgan fingerprint density at radius 2 is 1.85 bits per heavy atom. The Hall–Kier alpha value is -2.26. The maximum absolute atomic E-state index is 14.6. The van der Waals surface area contributed by atoms with Gasteiger partial charge in [0.1, 0.15) is 16.8 Å². The molecule has 4 rings (SSSR count). The van der Waals surface area contributed by atoms with Crippen molar-refractivity contribution in [1.29, 1.82) is 0 Å². The van der Waals surface area contributed by atoms with E-state index in [-0.39, 0.29) is 29.2 Å². The van der Waals surface area contributed by atoms with Gasteiger partial charge in [0.05, 0.1) is 17.3 Å². The highest BCUT2D eigenvalue weighted by atomic mass is 35.5. The number of piperidine rings is 1. The van der Waals surface area contributed by atoms with Crippen LogP contribution in [-0.4, -0.2) is 61.1 Å². The van der Waals surface area contributed by atoms with Crippen molar-refractivity contribution in [2.45, 2.75) is 49.5 Å². The van der Waals surface area contributed by atoms with E-state index < -0.39 is 15.7 Å². The number of hydrogen-bond acceptors (Lipinski definition) is 6. The molecular weight excluding hydrogens is 467 g/mol. The average molecular weight is 495 g/mol. The molecule has 0 spiro atoms. The lowest BCUT2D eigenvalue weighted by Gasteiger charge is -2.39. The predicted octanol–water partition coefficient (Wildman–Crippen LogP) is 3.51. The minimum absolute atomic E-state index is 0.0466. The number of carbonyl (C=O) groups excluding carboxylic acids is 1. The third-order valence-corrected chi connectivity index (χ3v) is 7.89. The number of hydrogen-bond donors (Lipinski definition) is 0. The standard InChI is InChI=1S/C23H28ClFN4O3S/c1-33(31,32)19-6-5-16(20(25)13-19)12-17-4-2-3-9-29(23(17)30)18-7-10-28(11-8-18)22-15-26-21(24)14-27-22/h5-6,13-15,17-18H,2-4,7-12H2,1H3/t17-/m1/s1. The Balaban J connectivity index is 1.42. The van der Waals surface area contributed by atoms with Crippen molar-refractivity contribution in [3.8, 4) is 0 Å².